The molecule has 1 saturated heterocycles. The van der Waals surface area contributed by atoms with Crippen LogP contribution < -0.4 is 21.8 Å². The van der Waals surface area contributed by atoms with Crippen molar-refractivity contribution < 1.29 is 19.6 Å². The van der Waals surface area contributed by atoms with Gasteiger partial charge in [0.25, 0.3) is 11.8 Å². The van der Waals surface area contributed by atoms with Crippen LogP contribution in [0.4, 0.5) is 0 Å². The number of amides is 3. The van der Waals surface area contributed by atoms with E-state index in [1.807, 2.05) is 29.2 Å². The van der Waals surface area contributed by atoms with Gasteiger partial charge in [0.05, 0.1) is 0 Å². The van der Waals surface area contributed by atoms with Gasteiger partial charge in [0.2, 0.25) is 5.91 Å². The predicted molar refractivity (Wildman–Crippen MR) is 131 cm³/mol. The van der Waals surface area contributed by atoms with Crippen molar-refractivity contribution >= 4 is 17.7 Å². The van der Waals surface area contributed by atoms with E-state index < -0.39 is 17.9 Å². The van der Waals surface area contributed by atoms with Gasteiger partial charge in [0.15, 0.2) is 0 Å². The maximum absolute atomic E-state index is 12.3. The van der Waals surface area contributed by atoms with Crippen LogP contribution in [0.25, 0.3) is 0 Å². The topological polar surface area (TPSA) is 137 Å². The van der Waals surface area contributed by atoms with Crippen LogP contribution in [-0.4, -0.2) is 60.0 Å². The van der Waals surface area contributed by atoms with E-state index in [1.54, 1.807) is 24.3 Å². The van der Waals surface area contributed by atoms with Crippen molar-refractivity contribution in [2.24, 2.45) is 5.73 Å². The van der Waals surface area contributed by atoms with Gasteiger partial charge in [-0.1, -0.05) is 24.0 Å². The SMILES string of the molecule is NC[C@H](NC(=O)c1ccc(C#Cc2ccc(CNCCCN3CCCC3=O)cc2)cc1)C(=O)NO. The first-order chi connectivity index (χ1) is 17.0. The quantitative estimate of drug-likeness (QED) is 0.148. The van der Waals surface area contributed by atoms with Gasteiger partial charge in [0.1, 0.15) is 6.04 Å². The van der Waals surface area contributed by atoms with Gasteiger partial charge in [-0.3, -0.25) is 19.6 Å². The lowest BCUT2D eigenvalue weighted by molar-refractivity contribution is -0.131. The van der Waals surface area contributed by atoms with Crippen molar-refractivity contribution in [1.82, 2.24) is 21.0 Å². The molecule has 1 heterocycles. The molecule has 3 rings (SSSR count). The third-order valence-electron chi connectivity index (χ3n) is 5.70. The van der Waals surface area contributed by atoms with Crippen molar-refractivity contribution in [3.63, 3.8) is 0 Å². The molecule has 0 aromatic heterocycles. The molecule has 1 aliphatic rings. The lowest BCUT2D eigenvalue weighted by atomic mass is 10.1. The molecule has 0 bridgehead atoms. The molecule has 0 spiro atoms. The second kappa shape index (κ2) is 13.2. The summed E-state index contributed by atoms with van der Waals surface area (Å²) in [7, 11) is 0. The molecule has 1 atom stereocenters. The molecule has 9 nitrogen and oxygen atoms in total. The zero-order valence-corrected chi connectivity index (χ0v) is 19.5. The smallest absolute Gasteiger partial charge is 0.267 e. The molecule has 0 aliphatic carbocycles. The molecule has 1 fully saturated rings. The van der Waals surface area contributed by atoms with Crippen LogP contribution in [0.5, 0.6) is 0 Å². The highest BCUT2D eigenvalue weighted by atomic mass is 16.5. The predicted octanol–water partition coefficient (Wildman–Crippen LogP) is 0.751. The molecule has 0 unspecified atom stereocenters. The Hall–Kier alpha value is -3.71. The van der Waals surface area contributed by atoms with Crippen molar-refractivity contribution in [2.75, 3.05) is 26.2 Å². The Morgan fingerprint density at radius 3 is 2.29 bits per heavy atom. The molecule has 35 heavy (non-hydrogen) atoms. The number of carbonyl (C=O) groups is 3. The Morgan fingerprint density at radius 2 is 1.71 bits per heavy atom. The van der Waals surface area contributed by atoms with Gasteiger partial charge in [-0.15, -0.1) is 0 Å². The van der Waals surface area contributed by atoms with E-state index in [9.17, 15) is 14.4 Å². The van der Waals surface area contributed by atoms with E-state index in [1.165, 1.54) is 5.48 Å². The summed E-state index contributed by atoms with van der Waals surface area (Å²) in [5.41, 5.74) is 10.1. The molecule has 184 valence electrons. The highest BCUT2D eigenvalue weighted by Crippen LogP contribution is 2.10. The molecule has 6 N–H and O–H groups in total. The number of carbonyl (C=O) groups excluding carboxylic acids is 3. The van der Waals surface area contributed by atoms with E-state index in [2.05, 4.69) is 22.5 Å². The Labute approximate surface area is 205 Å². The molecule has 9 heteroatoms. The van der Waals surface area contributed by atoms with E-state index in [4.69, 9.17) is 10.9 Å². The van der Waals surface area contributed by atoms with E-state index in [-0.39, 0.29) is 12.5 Å². The van der Waals surface area contributed by atoms with Gasteiger partial charge in [-0.2, -0.15) is 0 Å². The number of nitrogens with two attached hydrogens (primary N) is 1. The largest absolute Gasteiger partial charge is 0.343 e. The monoisotopic (exact) mass is 477 g/mol. The first kappa shape index (κ1) is 25.9. The van der Waals surface area contributed by atoms with Crippen LogP contribution in [0.2, 0.25) is 0 Å². The first-order valence-electron chi connectivity index (χ1n) is 11.6. The molecule has 0 saturated carbocycles. The van der Waals surface area contributed by atoms with Crippen molar-refractivity contribution in [1.29, 1.82) is 0 Å². The number of hydrogen-bond donors (Lipinski definition) is 5. The van der Waals surface area contributed by atoms with Crippen molar-refractivity contribution in [2.45, 2.75) is 31.8 Å². The third-order valence-corrected chi connectivity index (χ3v) is 5.70. The summed E-state index contributed by atoms with van der Waals surface area (Å²) in [6.07, 6.45) is 2.61. The zero-order chi connectivity index (χ0) is 25.0. The van der Waals surface area contributed by atoms with E-state index in [0.717, 1.165) is 55.7 Å². The standard InChI is InChI=1S/C26H31N5O4/c27-17-23(26(34)30-35)29-25(33)22-12-10-20(11-13-22)5-4-19-6-8-21(9-7-19)18-28-14-2-16-31-15-1-3-24(31)32/h6-13,23,28,35H,1-3,14-18,27H2,(H,29,33)(H,30,34)/t23-/m0/s1. The number of nitrogens with zero attached hydrogens (tertiary/aromatic N) is 1. The van der Waals surface area contributed by atoms with Crippen LogP contribution in [0, 0.1) is 11.8 Å². The molecular weight excluding hydrogens is 446 g/mol. The summed E-state index contributed by atoms with van der Waals surface area (Å²) in [5.74, 6) is 5.20. The third kappa shape index (κ3) is 7.93. The number of rotatable bonds is 10. The summed E-state index contributed by atoms with van der Waals surface area (Å²) >= 11 is 0. The van der Waals surface area contributed by atoms with Gasteiger partial charge in [-0.25, -0.2) is 5.48 Å². The summed E-state index contributed by atoms with van der Waals surface area (Å²) in [6.45, 7) is 3.19. The summed E-state index contributed by atoms with van der Waals surface area (Å²) in [6, 6.07) is 13.6. The number of hydroxylamine groups is 1. The Bertz CT molecular complexity index is 1070. The number of likely N-dealkylation sites (tertiary alicyclic amines) is 1. The first-order valence-corrected chi connectivity index (χ1v) is 11.6. The minimum atomic E-state index is -1.02. The second-order valence-corrected chi connectivity index (χ2v) is 8.28. The van der Waals surface area contributed by atoms with Crippen molar-refractivity contribution in [3.05, 3.63) is 70.8 Å². The maximum Gasteiger partial charge on any atom is 0.267 e. The van der Waals surface area contributed by atoms with Crippen LogP contribution in [-0.2, 0) is 16.1 Å². The maximum atomic E-state index is 12.3. The van der Waals surface area contributed by atoms with Gasteiger partial charge in [0, 0.05) is 49.3 Å². The zero-order valence-electron chi connectivity index (χ0n) is 19.5. The Balaban J connectivity index is 1.44. The van der Waals surface area contributed by atoms with Gasteiger partial charge >= 0.3 is 0 Å². The number of nitrogens with one attached hydrogen (secondary N) is 3. The second-order valence-electron chi connectivity index (χ2n) is 8.28. The highest BCUT2D eigenvalue weighted by molar-refractivity contribution is 5.97. The van der Waals surface area contributed by atoms with Crippen LogP contribution in [0.1, 0.15) is 46.3 Å². The van der Waals surface area contributed by atoms with Crippen LogP contribution in [0.3, 0.4) is 0 Å². The average molecular weight is 478 g/mol. The van der Waals surface area contributed by atoms with Gasteiger partial charge in [-0.05, 0) is 61.3 Å². The van der Waals surface area contributed by atoms with E-state index >= 15 is 0 Å². The highest BCUT2D eigenvalue weighted by Gasteiger charge is 2.20. The summed E-state index contributed by atoms with van der Waals surface area (Å²) < 4.78 is 0. The fourth-order valence-electron chi connectivity index (χ4n) is 3.67. The Morgan fingerprint density at radius 1 is 1.06 bits per heavy atom. The minimum Gasteiger partial charge on any atom is -0.343 e. The van der Waals surface area contributed by atoms with E-state index in [0.29, 0.717) is 12.0 Å². The molecule has 2 aromatic rings. The van der Waals surface area contributed by atoms with Crippen molar-refractivity contribution in [3.8, 4) is 11.8 Å². The average Bonchev–Trinajstić information content (AvgIpc) is 3.30. The van der Waals surface area contributed by atoms with Crippen LogP contribution >= 0.6 is 0 Å². The molecule has 0 radical (unpaired) electrons. The molecule has 1 aliphatic heterocycles. The fourth-order valence-corrected chi connectivity index (χ4v) is 3.67. The summed E-state index contributed by atoms with van der Waals surface area (Å²) in [4.78, 5) is 37.3. The Kier molecular flexibility index (Phi) is 9.80. The van der Waals surface area contributed by atoms with Gasteiger partial charge < -0.3 is 21.3 Å². The number of hydrogen-bond acceptors (Lipinski definition) is 6. The lowest BCUT2D eigenvalue weighted by Gasteiger charge is -2.15. The number of benzene rings is 2. The normalized spacial score (nSPS) is 13.7. The fraction of sp³-hybridized carbons (Fsp3) is 0.346. The minimum absolute atomic E-state index is 0.141. The molecular formula is C26H31N5O4. The van der Waals surface area contributed by atoms with Crippen LogP contribution in [0.15, 0.2) is 48.5 Å². The summed E-state index contributed by atoms with van der Waals surface area (Å²) in [5, 5.41) is 14.6. The lowest BCUT2D eigenvalue weighted by Crippen LogP contribution is -2.50. The molecule has 2 aromatic carbocycles. The molecule has 3 amide bonds.